The second-order valence-corrected chi connectivity index (χ2v) is 7.36. The highest BCUT2D eigenvalue weighted by Crippen LogP contribution is 2.38. The second kappa shape index (κ2) is 6.20. The zero-order valence-corrected chi connectivity index (χ0v) is 14.0. The SMILES string of the molecule is O=C(CN1CCc2ccccc2C1=O)N1CCC2(CCCOC2)C1. The van der Waals surface area contributed by atoms with Crippen LogP contribution in [0.5, 0.6) is 0 Å². The van der Waals surface area contributed by atoms with Crippen molar-refractivity contribution in [2.24, 2.45) is 5.41 Å². The van der Waals surface area contributed by atoms with Gasteiger partial charge < -0.3 is 14.5 Å². The van der Waals surface area contributed by atoms with Crippen LogP contribution in [-0.4, -0.2) is 61.0 Å². The average Bonchev–Trinajstić information content (AvgIpc) is 3.02. The van der Waals surface area contributed by atoms with E-state index in [1.54, 1.807) is 4.90 Å². The molecule has 0 aliphatic carbocycles. The van der Waals surface area contributed by atoms with Crippen molar-refractivity contribution in [3.8, 4) is 0 Å². The highest BCUT2D eigenvalue weighted by molar-refractivity contribution is 5.98. The Bertz CT molecular complexity index is 652. The van der Waals surface area contributed by atoms with E-state index in [1.165, 1.54) is 0 Å². The van der Waals surface area contributed by atoms with Gasteiger partial charge in [0.1, 0.15) is 6.54 Å². The van der Waals surface area contributed by atoms with Gasteiger partial charge in [0.05, 0.1) is 6.61 Å². The summed E-state index contributed by atoms with van der Waals surface area (Å²) in [7, 11) is 0. The van der Waals surface area contributed by atoms with Crippen LogP contribution in [0.3, 0.4) is 0 Å². The van der Waals surface area contributed by atoms with Crippen LogP contribution in [-0.2, 0) is 16.0 Å². The first-order valence-corrected chi connectivity index (χ1v) is 8.90. The number of amides is 2. The normalized spacial score (nSPS) is 26.8. The van der Waals surface area contributed by atoms with Crippen LogP contribution in [0.15, 0.2) is 24.3 Å². The minimum absolute atomic E-state index is 0.0138. The molecule has 0 radical (unpaired) electrons. The van der Waals surface area contributed by atoms with Crippen LogP contribution >= 0.6 is 0 Å². The number of rotatable bonds is 2. The predicted molar refractivity (Wildman–Crippen MR) is 89.7 cm³/mol. The van der Waals surface area contributed by atoms with E-state index in [0.29, 0.717) is 6.54 Å². The summed E-state index contributed by atoms with van der Waals surface area (Å²) in [6.45, 7) is 4.02. The third-order valence-electron chi connectivity index (χ3n) is 5.71. The van der Waals surface area contributed by atoms with E-state index in [0.717, 1.165) is 63.1 Å². The summed E-state index contributed by atoms with van der Waals surface area (Å²) in [6.07, 6.45) is 4.08. The fraction of sp³-hybridized carbons (Fsp3) is 0.579. The molecule has 1 spiro atoms. The van der Waals surface area contributed by atoms with Crippen LogP contribution in [0.25, 0.3) is 0 Å². The maximum Gasteiger partial charge on any atom is 0.254 e. The van der Waals surface area contributed by atoms with Crippen molar-refractivity contribution in [1.82, 2.24) is 9.80 Å². The van der Waals surface area contributed by atoms with Crippen molar-refractivity contribution < 1.29 is 14.3 Å². The first kappa shape index (κ1) is 15.6. The molecule has 0 aromatic heterocycles. The van der Waals surface area contributed by atoms with Gasteiger partial charge in [-0.3, -0.25) is 9.59 Å². The molecule has 0 bridgehead atoms. The molecule has 5 nitrogen and oxygen atoms in total. The van der Waals surface area contributed by atoms with Crippen LogP contribution < -0.4 is 0 Å². The zero-order chi connectivity index (χ0) is 16.6. The van der Waals surface area contributed by atoms with Crippen LogP contribution in [0.4, 0.5) is 0 Å². The van der Waals surface area contributed by atoms with Gasteiger partial charge in [-0.2, -0.15) is 0 Å². The number of fused-ring (bicyclic) bond motifs is 1. The van der Waals surface area contributed by atoms with Gasteiger partial charge in [0, 0.05) is 37.2 Å². The average molecular weight is 328 g/mol. The van der Waals surface area contributed by atoms with Crippen molar-refractivity contribution >= 4 is 11.8 Å². The molecule has 0 N–H and O–H groups in total. The van der Waals surface area contributed by atoms with Crippen molar-refractivity contribution in [2.75, 3.05) is 39.4 Å². The Morgan fingerprint density at radius 2 is 2.08 bits per heavy atom. The van der Waals surface area contributed by atoms with Crippen LogP contribution in [0.1, 0.15) is 35.2 Å². The minimum atomic E-state index is -0.0138. The molecule has 1 aromatic carbocycles. The second-order valence-electron chi connectivity index (χ2n) is 7.36. The van der Waals surface area contributed by atoms with Gasteiger partial charge in [0.25, 0.3) is 5.91 Å². The van der Waals surface area contributed by atoms with E-state index in [4.69, 9.17) is 4.74 Å². The summed E-state index contributed by atoms with van der Waals surface area (Å²) < 4.78 is 5.64. The molecule has 3 aliphatic rings. The summed E-state index contributed by atoms with van der Waals surface area (Å²) >= 11 is 0. The van der Waals surface area contributed by atoms with E-state index >= 15 is 0 Å². The van der Waals surface area contributed by atoms with E-state index in [9.17, 15) is 9.59 Å². The molecule has 1 atom stereocenters. The quantitative estimate of drug-likeness (QED) is 0.830. The molecule has 1 aromatic rings. The zero-order valence-electron chi connectivity index (χ0n) is 14.0. The lowest BCUT2D eigenvalue weighted by atomic mass is 9.82. The molecule has 128 valence electrons. The molecule has 0 saturated carbocycles. The number of benzene rings is 1. The summed E-state index contributed by atoms with van der Waals surface area (Å²) in [4.78, 5) is 28.9. The molecular formula is C19H24N2O3. The lowest BCUT2D eigenvalue weighted by Gasteiger charge is -2.33. The lowest BCUT2D eigenvalue weighted by molar-refractivity contribution is -0.131. The summed E-state index contributed by atoms with van der Waals surface area (Å²) in [5, 5.41) is 0. The molecule has 2 amide bonds. The monoisotopic (exact) mass is 328 g/mol. The first-order chi connectivity index (χ1) is 11.7. The Hall–Kier alpha value is -1.88. The highest BCUT2D eigenvalue weighted by atomic mass is 16.5. The molecule has 24 heavy (non-hydrogen) atoms. The van der Waals surface area contributed by atoms with Gasteiger partial charge in [0.15, 0.2) is 0 Å². The third kappa shape index (κ3) is 2.81. The summed E-state index contributed by atoms with van der Waals surface area (Å²) in [6, 6.07) is 7.70. The topological polar surface area (TPSA) is 49.9 Å². The van der Waals surface area contributed by atoms with Crippen molar-refractivity contribution in [3.05, 3.63) is 35.4 Å². The molecule has 5 heteroatoms. The number of hydrogen-bond acceptors (Lipinski definition) is 3. The smallest absolute Gasteiger partial charge is 0.254 e. The molecular weight excluding hydrogens is 304 g/mol. The fourth-order valence-electron chi connectivity index (χ4n) is 4.27. The van der Waals surface area contributed by atoms with E-state index in [2.05, 4.69) is 0 Å². The highest BCUT2D eigenvalue weighted by Gasteiger charge is 2.41. The molecule has 3 aliphatic heterocycles. The molecule has 3 heterocycles. The summed E-state index contributed by atoms with van der Waals surface area (Å²) in [5.74, 6) is 0.0605. The third-order valence-corrected chi connectivity index (χ3v) is 5.71. The van der Waals surface area contributed by atoms with E-state index in [1.807, 2.05) is 29.2 Å². The lowest BCUT2D eigenvalue weighted by Crippen LogP contribution is -2.46. The predicted octanol–water partition coefficient (Wildman–Crippen LogP) is 1.71. The Morgan fingerprint density at radius 1 is 1.21 bits per heavy atom. The molecule has 2 fully saturated rings. The minimum Gasteiger partial charge on any atom is -0.381 e. The van der Waals surface area contributed by atoms with Crippen molar-refractivity contribution in [3.63, 3.8) is 0 Å². The van der Waals surface area contributed by atoms with E-state index < -0.39 is 0 Å². The Balaban J connectivity index is 1.39. The van der Waals surface area contributed by atoms with Gasteiger partial charge in [-0.25, -0.2) is 0 Å². The van der Waals surface area contributed by atoms with E-state index in [-0.39, 0.29) is 23.8 Å². The number of carbonyl (C=O) groups excluding carboxylic acids is 2. The first-order valence-electron chi connectivity index (χ1n) is 8.90. The van der Waals surface area contributed by atoms with Crippen molar-refractivity contribution in [2.45, 2.75) is 25.7 Å². The Labute approximate surface area is 142 Å². The number of likely N-dealkylation sites (tertiary alicyclic amines) is 1. The molecule has 2 saturated heterocycles. The summed E-state index contributed by atoms with van der Waals surface area (Å²) in [5.41, 5.74) is 1.99. The van der Waals surface area contributed by atoms with Gasteiger partial charge in [-0.1, -0.05) is 18.2 Å². The standard InChI is InChI=1S/C19H24N2O3/c22-17(21-10-8-19(13-21)7-3-11-24-14-19)12-20-9-6-15-4-1-2-5-16(15)18(20)23/h1-2,4-5H,3,6-14H2. The van der Waals surface area contributed by atoms with Gasteiger partial charge in [0.2, 0.25) is 5.91 Å². The van der Waals surface area contributed by atoms with Crippen LogP contribution in [0.2, 0.25) is 0 Å². The largest absolute Gasteiger partial charge is 0.381 e. The van der Waals surface area contributed by atoms with Gasteiger partial charge in [-0.15, -0.1) is 0 Å². The maximum absolute atomic E-state index is 12.7. The molecule has 1 unspecified atom stereocenters. The van der Waals surface area contributed by atoms with Gasteiger partial charge in [-0.05, 0) is 37.3 Å². The Kier molecular flexibility index (Phi) is 4.04. The molecule has 4 rings (SSSR count). The van der Waals surface area contributed by atoms with Gasteiger partial charge >= 0.3 is 0 Å². The Morgan fingerprint density at radius 3 is 2.92 bits per heavy atom. The fourth-order valence-corrected chi connectivity index (χ4v) is 4.27. The van der Waals surface area contributed by atoms with Crippen LogP contribution in [0, 0.1) is 5.41 Å². The number of ether oxygens (including phenoxy) is 1. The van der Waals surface area contributed by atoms with Crippen molar-refractivity contribution in [1.29, 1.82) is 0 Å². The number of hydrogen-bond donors (Lipinski definition) is 0. The number of nitrogens with zero attached hydrogens (tertiary/aromatic N) is 2. The number of carbonyl (C=O) groups is 2. The maximum atomic E-state index is 12.7.